The smallest absolute Gasteiger partial charge is 0.276 e. The molecule has 0 bridgehead atoms. The molecule has 0 aliphatic rings. The SMILES string of the molecule is CCC(CSC)Nc1cc([N+](=O)[O-])cc(Cl)n1. The van der Waals surface area contributed by atoms with E-state index in [4.69, 9.17) is 11.6 Å². The summed E-state index contributed by atoms with van der Waals surface area (Å²) in [6, 6.07) is 2.87. The number of thioether (sulfide) groups is 1. The number of halogens is 1. The van der Waals surface area contributed by atoms with E-state index >= 15 is 0 Å². The number of nitrogens with one attached hydrogen (secondary N) is 1. The lowest BCUT2D eigenvalue weighted by Crippen LogP contribution is -2.21. The molecule has 1 heterocycles. The Morgan fingerprint density at radius 1 is 1.65 bits per heavy atom. The van der Waals surface area contributed by atoms with Gasteiger partial charge in [-0.15, -0.1) is 0 Å². The minimum Gasteiger partial charge on any atom is -0.366 e. The van der Waals surface area contributed by atoms with Crippen LogP contribution in [0.5, 0.6) is 0 Å². The molecule has 94 valence electrons. The summed E-state index contributed by atoms with van der Waals surface area (Å²) in [6.45, 7) is 2.05. The van der Waals surface area contributed by atoms with Crippen LogP contribution in [0.1, 0.15) is 13.3 Å². The van der Waals surface area contributed by atoms with Crippen molar-refractivity contribution in [3.8, 4) is 0 Å². The normalized spacial score (nSPS) is 12.2. The zero-order valence-corrected chi connectivity index (χ0v) is 11.2. The number of anilines is 1. The molecule has 7 heteroatoms. The van der Waals surface area contributed by atoms with Crippen LogP contribution < -0.4 is 5.32 Å². The van der Waals surface area contributed by atoms with Crippen LogP contribution in [0.25, 0.3) is 0 Å². The molecule has 0 saturated heterocycles. The molecule has 0 amide bonds. The van der Waals surface area contributed by atoms with E-state index in [1.165, 1.54) is 12.1 Å². The quantitative estimate of drug-likeness (QED) is 0.490. The Bertz CT molecular complexity index is 403. The standard InChI is InChI=1S/C10H14ClN3O2S/c1-3-7(6-17-2)12-10-5-8(14(15)16)4-9(11)13-10/h4-5,7H,3,6H2,1-2H3,(H,12,13). The molecule has 1 rings (SSSR count). The van der Waals surface area contributed by atoms with Crippen molar-refractivity contribution in [1.82, 2.24) is 4.98 Å². The third kappa shape index (κ3) is 4.40. The molecule has 0 aliphatic carbocycles. The number of hydrogen-bond acceptors (Lipinski definition) is 5. The maximum Gasteiger partial charge on any atom is 0.276 e. The minimum absolute atomic E-state index is 0.0495. The number of pyridine rings is 1. The summed E-state index contributed by atoms with van der Waals surface area (Å²) >= 11 is 7.45. The molecule has 1 unspecified atom stereocenters. The van der Waals surface area contributed by atoms with Crippen LogP contribution in [0.15, 0.2) is 12.1 Å². The van der Waals surface area contributed by atoms with Crippen LogP contribution in [0.4, 0.5) is 11.5 Å². The first-order valence-electron chi connectivity index (χ1n) is 5.14. The average Bonchev–Trinajstić information content (AvgIpc) is 2.27. The van der Waals surface area contributed by atoms with Crippen molar-refractivity contribution in [2.24, 2.45) is 0 Å². The van der Waals surface area contributed by atoms with Crippen LogP contribution in [0, 0.1) is 10.1 Å². The van der Waals surface area contributed by atoms with Gasteiger partial charge in [-0.25, -0.2) is 4.98 Å². The molecule has 0 saturated carbocycles. The fourth-order valence-electron chi connectivity index (χ4n) is 1.33. The second-order valence-corrected chi connectivity index (χ2v) is 4.79. The van der Waals surface area contributed by atoms with Gasteiger partial charge in [-0.3, -0.25) is 10.1 Å². The Morgan fingerprint density at radius 2 is 2.35 bits per heavy atom. The van der Waals surface area contributed by atoms with Crippen molar-refractivity contribution in [2.45, 2.75) is 19.4 Å². The summed E-state index contributed by atoms with van der Waals surface area (Å²) in [6.07, 6.45) is 2.93. The van der Waals surface area contributed by atoms with E-state index in [0.717, 1.165) is 12.2 Å². The number of nitro groups is 1. The van der Waals surface area contributed by atoms with E-state index in [0.29, 0.717) is 5.82 Å². The lowest BCUT2D eigenvalue weighted by atomic mass is 10.2. The second-order valence-electron chi connectivity index (χ2n) is 3.50. The van der Waals surface area contributed by atoms with E-state index in [2.05, 4.69) is 10.3 Å². The lowest BCUT2D eigenvalue weighted by Gasteiger charge is -2.16. The predicted octanol–water partition coefficient (Wildman–Crippen LogP) is 3.20. The fraction of sp³-hybridized carbons (Fsp3) is 0.500. The molecule has 1 atom stereocenters. The van der Waals surface area contributed by atoms with Crippen LogP contribution in [0.2, 0.25) is 5.15 Å². The van der Waals surface area contributed by atoms with E-state index < -0.39 is 4.92 Å². The average molecular weight is 276 g/mol. The molecule has 1 aromatic heterocycles. The van der Waals surface area contributed by atoms with Gasteiger partial charge in [0.25, 0.3) is 5.69 Å². The van der Waals surface area contributed by atoms with E-state index in [1.54, 1.807) is 11.8 Å². The molecule has 17 heavy (non-hydrogen) atoms. The Hall–Kier alpha value is -1.01. The first-order valence-corrected chi connectivity index (χ1v) is 6.91. The molecule has 0 fully saturated rings. The lowest BCUT2D eigenvalue weighted by molar-refractivity contribution is -0.384. The van der Waals surface area contributed by atoms with Crippen LogP contribution in [0.3, 0.4) is 0 Å². The maximum atomic E-state index is 10.7. The molecule has 5 nitrogen and oxygen atoms in total. The Kier molecular flexibility index (Phi) is 5.50. The molecule has 1 aromatic rings. The monoisotopic (exact) mass is 275 g/mol. The fourth-order valence-corrected chi connectivity index (χ4v) is 2.26. The van der Waals surface area contributed by atoms with Gasteiger partial charge >= 0.3 is 0 Å². The number of rotatable bonds is 6. The molecule has 0 aromatic carbocycles. The van der Waals surface area contributed by atoms with Gasteiger partial charge in [0.1, 0.15) is 11.0 Å². The molecule has 0 radical (unpaired) electrons. The molecule has 1 N–H and O–H groups in total. The van der Waals surface area contributed by atoms with Crippen LogP contribution >= 0.6 is 23.4 Å². The number of nitrogens with zero attached hydrogens (tertiary/aromatic N) is 2. The predicted molar refractivity (Wildman–Crippen MR) is 72.0 cm³/mol. The maximum absolute atomic E-state index is 10.7. The zero-order valence-electron chi connectivity index (χ0n) is 9.64. The van der Waals surface area contributed by atoms with Gasteiger partial charge < -0.3 is 5.32 Å². The summed E-state index contributed by atoms with van der Waals surface area (Å²) in [5.41, 5.74) is -0.0495. The zero-order chi connectivity index (χ0) is 12.8. The highest BCUT2D eigenvalue weighted by Gasteiger charge is 2.12. The van der Waals surface area contributed by atoms with Gasteiger partial charge in [0.2, 0.25) is 0 Å². The first-order chi connectivity index (χ1) is 8.06. The van der Waals surface area contributed by atoms with Gasteiger partial charge in [0.05, 0.1) is 17.1 Å². The first kappa shape index (κ1) is 14.1. The topological polar surface area (TPSA) is 68.1 Å². The van der Waals surface area contributed by atoms with Crippen molar-refractivity contribution in [1.29, 1.82) is 0 Å². The van der Waals surface area contributed by atoms with Crippen LogP contribution in [-0.4, -0.2) is 28.0 Å². The summed E-state index contributed by atoms with van der Waals surface area (Å²) in [5.74, 6) is 1.36. The number of hydrogen-bond donors (Lipinski definition) is 1. The van der Waals surface area contributed by atoms with Crippen LogP contribution in [-0.2, 0) is 0 Å². The van der Waals surface area contributed by atoms with Gasteiger partial charge in [-0.05, 0) is 12.7 Å². The van der Waals surface area contributed by atoms with Crippen molar-refractivity contribution in [3.05, 3.63) is 27.4 Å². The molecule has 0 spiro atoms. The van der Waals surface area contributed by atoms with Gasteiger partial charge in [-0.1, -0.05) is 18.5 Å². The van der Waals surface area contributed by atoms with Crippen molar-refractivity contribution >= 4 is 34.9 Å². The van der Waals surface area contributed by atoms with Gasteiger partial charge in [-0.2, -0.15) is 11.8 Å². The van der Waals surface area contributed by atoms with Crippen molar-refractivity contribution in [2.75, 3.05) is 17.3 Å². The summed E-state index contributed by atoms with van der Waals surface area (Å²) in [5, 5.41) is 13.9. The Balaban J connectivity index is 2.86. The van der Waals surface area contributed by atoms with Gasteiger partial charge in [0, 0.05) is 11.8 Å². The highest BCUT2D eigenvalue weighted by Crippen LogP contribution is 2.21. The van der Waals surface area contributed by atoms with Crippen molar-refractivity contribution < 1.29 is 4.92 Å². The van der Waals surface area contributed by atoms with Crippen molar-refractivity contribution in [3.63, 3.8) is 0 Å². The van der Waals surface area contributed by atoms with E-state index in [1.807, 2.05) is 13.2 Å². The van der Waals surface area contributed by atoms with Gasteiger partial charge in [0.15, 0.2) is 0 Å². The third-order valence-corrected chi connectivity index (χ3v) is 3.13. The Morgan fingerprint density at radius 3 is 2.88 bits per heavy atom. The highest BCUT2D eigenvalue weighted by molar-refractivity contribution is 7.98. The Labute approximate surface area is 109 Å². The summed E-state index contributed by atoms with van der Waals surface area (Å²) in [4.78, 5) is 14.2. The van der Waals surface area contributed by atoms with E-state index in [-0.39, 0.29) is 16.9 Å². The largest absolute Gasteiger partial charge is 0.366 e. The minimum atomic E-state index is -0.478. The molecule has 0 aliphatic heterocycles. The third-order valence-electron chi connectivity index (χ3n) is 2.20. The summed E-state index contributed by atoms with van der Waals surface area (Å²) < 4.78 is 0. The van der Waals surface area contributed by atoms with E-state index in [9.17, 15) is 10.1 Å². The molecular weight excluding hydrogens is 262 g/mol. The molecular formula is C10H14ClN3O2S. The second kappa shape index (κ2) is 6.66. The number of aromatic nitrogens is 1. The summed E-state index contributed by atoms with van der Waals surface area (Å²) in [7, 11) is 0. The highest BCUT2D eigenvalue weighted by atomic mass is 35.5.